The lowest BCUT2D eigenvalue weighted by atomic mass is 10.2. The number of nitrogens with one attached hydrogen (secondary N) is 1. The molecule has 1 fully saturated rings. The van der Waals surface area contributed by atoms with Gasteiger partial charge in [-0.15, -0.1) is 5.10 Å². The van der Waals surface area contributed by atoms with Crippen LogP contribution in [0.15, 0.2) is 12.3 Å². The molecule has 0 aliphatic carbocycles. The van der Waals surface area contributed by atoms with Gasteiger partial charge in [0.2, 0.25) is 0 Å². The number of nitrogens with zero attached hydrogens (tertiary/aromatic N) is 3. The van der Waals surface area contributed by atoms with Gasteiger partial charge in [0.1, 0.15) is 11.2 Å². The first-order chi connectivity index (χ1) is 8.91. The molecular weight excluding hydrogens is 286 g/mol. The zero-order valence-electron chi connectivity index (χ0n) is 10.4. The number of aromatic nitrogens is 2. The van der Waals surface area contributed by atoms with Crippen molar-refractivity contribution in [3.05, 3.63) is 17.8 Å². The lowest BCUT2D eigenvalue weighted by molar-refractivity contribution is 0.583. The van der Waals surface area contributed by atoms with E-state index in [1.165, 1.54) is 12.5 Å². The Hall–Kier alpha value is -1.35. The predicted octanol–water partition coefficient (Wildman–Crippen LogP) is -0.315. The number of hydrogen-bond acceptors (Lipinski definition) is 7. The smallest absolute Gasteiger partial charge is 0.169 e. The molecule has 1 aromatic rings. The minimum Gasteiger partial charge on any atom is -0.384 e. The Bertz CT molecular complexity index is 589. The van der Waals surface area contributed by atoms with Gasteiger partial charge in [0, 0.05) is 24.3 Å². The number of nitrogen functional groups attached to an aromatic ring is 1. The van der Waals surface area contributed by atoms with Gasteiger partial charge in [-0.3, -0.25) is 5.41 Å². The number of sulfone groups is 1. The number of rotatable bonds is 3. The molecule has 0 bridgehead atoms. The largest absolute Gasteiger partial charge is 0.384 e. The summed E-state index contributed by atoms with van der Waals surface area (Å²) in [5.41, 5.74) is 5.92. The molecule has 1 atom stereocenters. The van der Waals surface area contributed by atoms with E-state index in [0.717, 1.165) is 5.75 Å². The Morgan fingerprint density at radius 3 is 3.00 bits per heavy atom. The topological polar surface area (TPSA) is 113 Å². The molecule has 1 aromatic heterocycles. The summed E-state index contributed by atoms with van der Waals surface area (Å²) in [6.45, 7) is 0.543. The van der Waals surface area contributed by atoms with Crippen LogP contribution in [-0.4, -0.2) is 54.1 Å². The van der Waals surface area contributed by atoms with Crippen LogP contribution < -0.4 is 10.6 Å². The molecule has 0 aromatic carbocycles. The predicted molar refractivity (Wildman–Crippen MR) is 76.4 cm³/mol. The molecule has 9 heteroatoms. The molecule has 2 rings (SSSR count). The Kier molecular flexibility index (Phi) is 3.95. The second-order valence-electron chi connectivity index (χ2n) is 4.23. The van der Waals surface area contributed by atoms with Crippen molar-refractivity contribution in [3.63, 3.8) is 0 Å². The average molecular weight is 301 g/mol. The van der Waals surface area contributed by atoms with Gasteiger partial charge in [0.05, 0.1) is 11.8 Å². The van der Waals surface area contributed by atoms with E-state index in [2.05, 4.69) is 10.2 Å². The zero-order chi connectivity index (χ0) is 14.0. The first-order valence-corrected chi connectivity index (χ1v) is 8.71. The van der Waals surface area contributed by atoms with Crippen LogP contribution in [0.3, 0.4) is 0 Å². The van der Waals surface area contributed by atoms with Gasteiger partial charge in [-0.25, -0.2) is 8.42 Å². The molecule has 104 valence electrons. The van der Waals surface area contributed by atoms with Crippen molar-refractivity contribution >= 4 is 33.3 Å². The average Bonchev–Trinajstić information content (AvgIpc) is 2.37. The minimum atomic E-state index is -3.24. The number of nitrogens with two attached hydrogens (primary N) is 1. The van der Waals surface area contributed by atoms with Crippen molar-refractivity contribution in [3.8, 4) is 0 Å². The summed E-state index contributed by atoms with van der Waals surface area (Å²) in [5.74, 6) is 1.51. The lowest BCUT2D eigenvalue weighted by Crippen LogP contribution is -2.48. The van der Waals surface area contributed by atoms with Crippen LogP contribution in [-0.2, 0) is 9.84 Å². The summed E-state index contributed by atoms with van der Waals surface area (Å²) in [7, 11) is -3.24. The summed E-state index contributed by atoms with van der Waals surface area (Å²) >= 11 is 1.59. The SMILES string of the molecule is CS(=O)(=O)C1CSCCN1c1nnccc1C(=N)N. The molecule has 2 heterocycles. The number of amidine groups is 1. The van der Waals surface area contributed by atoms with Crippen LogP contribution in [0.2, 0.25) is 0 Å². The third kappa shape index (κ3) is 2.98. The fourth-order valence-electron chi connectivity index (χ4n) is 1.92. The Labute approximate surface area is 116 Å². The van der Waals surface area contributed by atoms with E-state index < -0.39 is 15.2 Å². The van der Waals surface area contributed by atoms with Crippen molar-refractivity contribution < 1.29 is 8.42 Å². The highest BCUT2D eigenvalue weighted by Crippen LogP contribution is 2.27. The van der Waals surface area contributed by atoms with Gasteiger partial charge in [0.15, 0.2) is 15.7 Å². The molecule has 0 saturated carbocycles. The van der Waals surface area contributed by atoms with Crippen LogP contribution >= 0.6 is 11.8 Å². The van der Waals surface area contributed by atoms with Crippen LogP contribution in [0.4, 0.5) is 5.82 Å². The van der Waals surface area contributed by atoms with E-state index in [1.807, 2.05) is 0 Å². The molecule has 1 aliphatic heterocycles. The zero-order valence-corrected chi connectivity index (χ0v) is 12.0. The van der Waals surface area contributed by atoms with E-state index in [-0.39, 0.29) is 5.84 Å². The van der Waals surface area contributed by atoms with E-state index in [1.54, 1.807) is 22.7 Å². The summed E-state index contributed by atoms with van der Waals surface area (Å²) in [4.78, 5) is 1.68. The van der Waals surface area contributed by atoms with Crippen molar-refractivity contribution in [2.75, 3.05) is 29.2 Å². The Morgan fingerprint density at radius 2 is 2.37 bits per heavy atom. The maximum absolute atomic E-state index is 11.9. The van der Waals surface area contributed by atoms with Gasteiger partial charge in [-0.2, -0.15) is 16.9 Å². The summed E-state index contributed by atoms with van der Waals surface area (Å²) < 4.78 is 23.7. The quantitative estimate of drug-likeness (QED) is 0.581. The van der Waals surface area contributed by atoms with E-state index in [0.29, 0.717) is 23.7 Å². The molecule has 1 saturated heterocycles. The van der Waals surface area contributed by atoms with Crippen LogP contribution in [0.1, 0.15) is 5.56 Å². The molecule has 1 aliphatic rings. The summed E-state index contributed by atoms with van der Waals surface area (Å²) in [5, 5.41) is 14.6. The van der Waals surface area contributed by atoms with Gasteiger partial charge in [0.25, 0.3) is 0 Å². The molecule has 0 radical (unpaired) electrons. The van der Waals surface area contributed by atoms with E-state index in [4.69, 9.17) is 11.1 Å². The molecular formula is C10H15N5O2S2. The lowest BCUT2D eigenvalue weighted by Gasteiger charge is -2.35. The van der Waals surface area contributed by atoms with E-state index >= 15 is 0 Å². The highest BCUT2D eigenvalue weighted by atomic mass is 32.2. The molecule has 0 spiro atoms. The second-order valence-corrected chi connectivity index (χ2v) is 7.59. The third-order valence-corrected chi connectivity index (χ3v) is 5.49. The van der Waals surface area contributed by atoms with Gasteiger partial charge < -0.3 is 10.6 Å². The Morgan fingerprint density at radius 1 is 1.63 bits per heavy atom. The molecule has 3 N–H and O–H groups in total. The fourth-order valence-corrected chi connectivity index (χ4v) is 4.74. The number of thioether (sulfide) groups is 1. The normalized spacial score (nSPS) is 20.3. The van der Waals surface area contributed by atoms with E-state index in [9.17, 15) is 8.42 Å². The molecule has 1 unspecified atom stereocenters. The maximum Gasteiger partial charge on any atom is 0.169 e. The first-order valence-electron chi connectivity index (χ1n) is 5.60. The maximum atomic E-state index is 11.9. The van der Waals surface area contributed by atoms with Gasteiger partial charge in [-0.1, -0.05) is 0 Å². The minimum absolute atomic E-state index is 0.143. The fraction of sp³-hybridized carbons (Fsp3) is 0.500. The van der Waals surface area contributed by atoms with Gasteiger partial charge >= 0.3 is 0 Å². The summed E-state index contributed by atoms with van der Waals surface area (Å²) in [6.07, 6.45) is 2.65. The standard InChI is InChI=1S/C10H15N5O2S2/c1-19(16,17)8-6-18-5-4-15(8)10-7(9(11)12)2-3-13-14-10/h2-3,8H,4-6H2,1H3,(H3,11,12). The third-order valence-electron chi connectivity index (χ3n) is 2.84. The van der Waals surface area contributed by atoms with Crippen molar-refractivity contribution in [1.29, 1.82) is 5.41 Å². The molecule has 7 nitrogen and oxygen atoms in total. The van der Waals surface area contributed by atoms with Crippen LogP contribution in [0.5, 0.6) is 0 Å². The monoisotopic (exact) mass is 301 g/mol. The number of hydrogen-bond donors (Lipinski definition) is 2. The summed E-state index contributed by atoms with van der Waals surface area (Å²) in [6, 6.07) is 1.58. The first kappa shape index (κ1) is 14.1. The molecule has 19 heavy (non-hydrogen) atoms. The van der Waals surface area contributed by atoms with Crippen molar-refractivity contribution in [1.82, 2.24) is 10.2 Å². The highest BCUT2D eigenvalue weighted by Gasteiger charge is 2.33. The Balaban J connectivity index is 2.46. The van der Waals surface area contributed by atoms with Crippen molar-refractivity contribution in [2.24, 2.45) is 5.73 Å². The van der Waals surface area contributed by atoms with Crippen molar-refractivity contribution in [2.45, 2.75) is 5.37 Å². The highest BCUT2D eigenvalue weighted by molar-refractivity contribution is 8.01. The second kappa shape index (κ2) is 5.33. The van der Waals surface area contributed by atoms with Crippen LogP contribution in [0, 0.1) is 5.41 Å². The van der Waals surface area contributed by atoms with Gasteiger partial charge in [-0.05, 0) is 6.07 Å². The van der Waals surface area contributed by atoms with Crippen LogP contribution in [0.25, 0.3) is 0 Å². The number of anilines is 1. The molecule has 0 amide bonds.